The molecule has 120 valence electrons. The SMILES string of the molecule is CCOC(=O)c1[nH]c(C)c(S(=O)(=O)NC(CC)CO)c1C. The van der Waals surface area contributed by atoms with E-state index in [1.807, 2.05) is 0 Å². The third-order valence-corrected chi connectivity index (χ3v) is 4.95. The predicted molar refractivity (Wildman–Crippen MR) is 77.7 cm³/mol. The number of esters is 1. The van der Waals surface area contributed by atoms with Crippen molar-refractivity contribution in [2.24, 2.45) is 0 Å². The van der Waals surface area contributed by atoms with Gasteiger partial charge in [0.2, 0.25) is 10.0 Å². The van der Waals surface area contributed by atoms with Gasteiger partial charge in [-0.1, -0.05) is 6.92 Å². The zero-order valence-electron chi connectivity index (χ0n) is 12.7. The second-order valence-corrected chi connectivity index (χ2v) is 6.36. The minimum absolute atomic E-state index is 0.0254. The fraction of sp³-hybridized carbons (Fsp3) is 0.615. The number of nitrogens with one attached hydrogen (secondary N) is 2. The third kappa shape index (κ3) is 3.84. The number of hydrogen-bond acceptors (Lipinski definition) is 5. The Kier molecular flexibility index (Phi) is 5.94. The first-order valence-corrected chi connectivity index (χ1v) is 8.26. The van der Waals surface area contributed by atoms with Gasteiger partial charge in [-0.15, -0.1) is 0 Å². The molecule has 0 aliphatic rings. The van der Waals surface area contributed by atoms with Crippen molar-refractivity contribution in [3.8, 4) is 0 Å². The van der Waals surface area contributed by atoms with Crippen LogP contribution in [0.3, 0.4) is 0 Å². The molecule has 0 amide bonds. The second kappa shape index (κ2) is 7.06. The Balaban J connectivity index is 3.22. The van der Waals surface area contributed by atoms with E-state index in [1.54, 1.807) is 27.7 Å². The monoisotopic (exact) mass is 318 g/mol. The highest BCUT2D eigenvalue weighted by Gasteiger charge is 2.28. The zero-order valence-corrected chi connectivity index (χ0v) is 13.5. The van der Waals surface area contributed by atoms with Gasteiger partial charge in [-0.25, -0.2) is 17.9 Å². The molecule has 1 aromatic heterocycles. The lowest BCUT2D eigenvalue weighted by molar-refractivity contribution is 0.0519. The molecule has 1 atom stereocenters. The number of hydrogen-bond donors (Lipinski definition) is 3. The molecule has 0 aliphatic heterocycles. The average molecular weight is 318 g/mol. The number of rotatable bonds is 7. The summed E-state index contributed by atoms with van der Waals surface area (Å²) in [5, 5.41) is 9.13. The third-order valence-electron chi connectivity index (χ3n) is 3.15. The van der Waals surface area contributed by atoms with Crippen molar-refractivity contribution in [3.05, 3.63) is 17.0 Å². The summed E-state index contributed by atoms with van der Waals surface area (Å²) in [5.41, 5.74) is 0.800. The van der Waals surface area contributed by atoms with Crippen molar-refractivity contribution < 1.29 is 23.1 Å². The van der Waals surface area contributed by atoms with Gasteiger partial charge in [-0.05, 0) is 27.2 Å². The van der Waals surface area contributed by atoms with Crippen LogP contribution < -0.4 is 4.72 Å². The quantitative estimate of drug-likeness (QED) is 0.646. The number of sulfonamides is 1. The Morgan fingerprint density at radius 2 is 2.00 bits per heavy atom. The molecular weight excluding hydrogens is 296 g/mol. The molecule has 1 heterocycles. The normalized spacial score (nSPS) is 13.2. The van der Waals surface area contributed by atoms with Crippen molar-refractivity contribution in [2.45, 2.75) is 45.1 Å². The van der Waals surface area contributed by atoms with Crippen LogP contribution in [0.2, 0.25) is 0 Å². The number of ether oxygens (including phenoxy) is 1. The molecule has 0 saturated carbocycles. The summed E-state index contributed by atoms with van der Waals surface area (Å²) in [4.78, 5) is 14.6. The predicted octanol–water partition coefficient (Wildman–Crippen LogP) is 0.857. The number of aromatic amines is 1. The number of aliphatic hydroxyl groups is 1. The highest BCUT2D eigenvalue weighted by atomic mass is 32.2. The lowest BCUT2D eigenvalue weighted by Gasteiger charge is -2.14. The van der Waals surface area contributed by atoms with E-state index in [0.717, 1.165) is 0 Å². The lowest BCUT2D eigenvalue weighted by Crippen LogP contribution is -2.37. The summed E-state index contributed by atoms with van der Waals surface area (Å²) in [5.74, 6) is -0.589. The first kappa shape index (κ1) is 17.7. The van der Waals surface area contributed by atoms with Crippen LogP contribution in [0.4, 0.5) is 0 Å². The van der Waals surface area contributed by atoms with Gasteiger partial charge < -0.3 is 14.8 Å². The fourth-order valence-electron chi connectivity index (χ4n) is 2.07. The van der Waals surface area contributed by atoms with Crippen LogP contribution in [-0.4, -0.2) is 43.7 Å². The van der Waals surface area contributed by atoms with E-state index in [4.69, 9.17) is 9.84 Å². The maximum absolute atomic E-state index is 12.4. The summed E-state index contributed by atoms with van der Waals surface area (Å²) >= 11 is 0. The zero-order chi connectivity index (χ0) is 16.2. The topological polar surface area (TPSA) is 108 Å². The summed E-state index contributed by atoms with van der Waals surface area (Å²) in [6, 6.07) is -0.560. The van der Waals surface area contributed by atoms with Crippen LogP contribution in [0.15, 0.2) is 4.90 Å². The van der Waals surface area contributed by atoms with Crippen LogP contribution in [0, 0.1) is 13.8 Å². The Morgan fingerprint density at radius 3 is 2.48 bits per heavy atom. The van der Waals surface area contributed by atoms with Crippen molar-refractivity contribution in [2.75, 3.05) is 13.2 Å². The van der Waals surface area contributed by atoms with Gasteiger partial charge >= 0.3 is 5.97 Å². The van der Waals surface area contributed by atoms with Crippen molar-refractivity contribution in [1.29, 1.82) is 0 Å². The lowest BCUT2D eigenvalue weighted by atomic mass is 10.2. The standard InChI is InChI=1S/C13H22N2O5S/c1-5-10(7-16)15-21(18,19)12-8(3)11(14-9(12)4)13(17)20-6-2/h10,14-16H,5-7H2,1-4H3. The molecule has 0 fully saturated rings. The molecule has 0 spiro atoms. The minimum atomic E-state index is -3.82. The van der Waals surface area contributed by atoms with Gasteiger partial charge in [-0.3, -0.25) is 0 Å². The molecule has 0 radical (unpaired) electrons. The number of H-pyrrole nitrogens is 1. The van der Waals surface area contributed by atoms with E-state index in [0.29, 0.717) is 17.7 Å². The van der Waals surface area contributed by atoms with Gasteiger partial charge in [0.15, 0.2) is 0 Å². The van der Waals surface area contributed by atoms with Crippen LogP contribution >= 0.6 is 0 Å². The molecule has 7 nitrogen and oxygen atoms in total. The number of carbonyl (C=O) groups is 1. The molecule has 0 bridgehead atoms. The largest absolute Gasteiger partial charge is 0.461 e. The maximum Gasteiger partial charge on any atom is 0.355 e. The second-order valence-electron chi connectivity index (χ2n) is 4.71. The first-order chi connectivity index (χ1) is 9.78. The Morgan fingerprint density at radius 1 is 1.38 bits per heavy atom. The molecule has 0 aromatic carbocycles. The van der Waals surface area contributed by atoms with E-state index >= 15 is 0 Å². The number of aromatic nitrogens is 1. The minimum Gasteiger partial charge on any atom is -0.461 e. The molecule has 8 heteroatoms. The average Bonchev–Trinajstić information content (AvgIpc) is 2.72. The number of carbonyl (C=O) groups excluding carboxylic acids is 1. The summed E-state index contributed by atoms with van der Waals surface area (Å²) < 4.78 is 32.1. The van der Waals surface area contributed by atoms with Gasteiger partial charge in [0.25, 0.3) is 0 Å². The smallest absolute Gasteiger partial charge is 0.355 e. The molecule has 1 aromatic rings. The van der Waals surface area contributed by atoms with E-state index in [-0.39, 0.29) is 23.8 Å². The van der Waals surface area contributed by atoms with Gasteiger partial charge in [0.05, 0.1) is 13.2 Å². The molecule has 0 saturated heterocycles. The van der Waals surface area contributed by atoms with Crippen molar-refractivity contribution >= 4 is 16.0 Å². The van der Waals surface area contributed by atoms with Crippen molar-refractivity contribution in [1.82, 2.24) is 9.71 Å². The highest BCUT2D eigenvalue weighted by Crippen LogP contribution is 2.24. The van der Waals surface area contributed by atoms with Gasteiger partial charge in [0, 0.05) is 17.3 Å². The van der Waals surface area contributed by atoms with Crippen LogP contribution in [0.25, 0.3) is 0 Å². The van der Waals surface area contributed by atoms with E-state index in [9.17, 15) is 13.2 Å². The van der Waals surface area contributed by atoms with Gasteiger partial charge in [0.1, 0.15) is 10.6 Å². The molecular formula is C13H22N2O5S. The van der Waals surface area contributed by atoms with Crippen LogP contribution in [-0.2, 0) is 14.8 Å². The summed E-state index contributed by atoms with van der Waals surface area (Å²) in [7, 11) is -3.82. The Labute approximate surface area is 124 Å². The molecule has 1 unspecified atom stereocenters. The summed E-state index contributed by atoms with van der Waals surface area (Å²) in [6.07, 6.45) is 0.461. The Hall–Kier alpha value is -1.38. The first-order valence-electron chi connectivity index (χ1n) is 6.77. The molecule has 21 heavy (non-hydrogen) atoms. The maximum atomic E-state index is 12.4. The highest BCUT2D eigenvalue weighted by molar-refractivity contribution is 7.89. The number of aryl methyl sites for hydroxylation is 1. The molecule has 0 aliphatic carbocycles. The Bertz CT molecular complexity index is 602. The van der Waals surface area contributed by atoms with Crippen LogP contribution in [0.1, 0.15) is 42.0 Å². The summed E-state index contributed by atoms with van der Waals surface area (Å²) in [6.45, 7) is 6.48. The van der Waals surface area contributed by atoms with Gasteiger partial charge in [-0.2, -0.15) is 0 Å². The van der Waals surface area contributed by atoms with Crippen LogP contribution in [0.5, 0.6) is 0 Å². The van der Waals surface area contributed by atoms with E-state index in [2.05, 4.69) is 9.71 Å². The molecule has 3 N–H and O–H groups in total. The fourth-order valence-corrected chi connectivity index (χ4v) is 3.83. The van der Waals surface area contributed by atoms with E-state index in [1.165, 1.54) is 0 Å². The van der Waals surface area contributed by atoms with E-state index < -0.39 is 22.0 Å². The molecule has 1 rings (SSSR count). The number of aliphatic hydroxyl groups excluding tert-OH is 1. The van der Waals surface area contributed by atoms with Crippen molar-refractivity contribution in [3.63, 3.8) is 0 Å².